The van der Waals surface area contributed by atoms with E-state index in [-0.39, 0.29) is 24.7 Å². The van der Waals surface area contributed by atoms with E-state index in [1.54, 1.807) is 37.4 Å². The Morgan fingerprint density at radius 3 is 2.65 bits per heavy atom. The Bertz CT molecular complexity index is 613. The maximum Gasteiger partial charge on any atom is 0.227 e. The van der Waals surface area contributed by atoms with Crippen LogP contribution in [0.25, 0.3) is 0 Å². The van der Waals surface area contributed by atoms with Gasteiger partial charge in [0, 0.05) is 24.8 Å². The maximum atomic E-state index is 13.5. The Morgan fingerprint density at radius 1 is 1.20 bits per heavy atom. The standard InChI is InChI=1S/C16H17FN2O/c1-19(11-13-6-2-3-8-15(13)17)16(20)10-12-5-4-7-14(18)9-12/h2-9H,10-11,18H2,1H3. The third-order valence-corrected chi connectivity index (χ3v) is 3.10. The molecule has 0 spiro atoms. The fourth-order valence-electron chi connectivity index (χ4n) is 1.98. The van der Waals surface area contributed by atoms with Crippen LogP contribution < -0.4 is 5.73 Å². The van der Waals surface area contributed by atoms with E-state index in [2.05, 4.69) is 0 Å². The highest BCUT2D eigenvalue weighted by atomic mass is 19.1. The van der Waals surface area contributed by atoms with Crippen LogP contribution in [0.15, 0.2) is 48.5 Å². The van der Waals surface area contributed by atoms with E-state index in [4.69, 9.17) is 5.73 Å². The monoisotopic (exact) mass is 272 g/mol. The average Bonchev–Trinajstić information content (AvgIpc) is 2.41. The van der Waals surface area contributed by atoms with Gasteiger partial charge in [0.2, 0.25) is 5.91 Å². The van der Waals surface area contributed by atoms with Crippen molar-refractivity contribution >= 4 is 11.6 Å². The Balaban J connectivity index is 2.01. The molecule has 0 aliphatic heterocycles. The average molecular weight is 272 g/mol. The van der Waals surface area contributed by atoms with Crippen molar-refractivity contribution in [3.05, 3.63) is 65.5 Å². The number of likely N-dealkylation sites (N-methyl/N-ethyl adjacent to an activating group) is 1. The topological polar surface area (TPSA) is 46.3 Å². The van der Waals surface area contributed by atoms with Crippen LogP contribution in [0.4, 0.5) is 10.1 Å². The van der Waals surface area contributed by atoms with Gasteiger partial charge in [-0.1, -0.05) is 30.3 Å². The van der Waals surface area contributed by atoms with Gasteiger partial charge < -0.3 is 10.6 Å². The van der Waals surface area contributed by atoms with Crippen molar-refractivity contribution in [2.24, 2.45) is 0 Å². The van der Waals surface area contributed by atoms with Gasteiger partial charge in [0.05, 0.1) is 6.42 Å². The molecule has 2 rings (SSSR count). The van der Waals surface area contributed by atoms with Gasteiger partial charge in [0.1, 0.15) is 5.82 Å². The molecule has 0 radical (unpaired) electrons. The molecule has 4 heteroatoms. The van der Waals surface area contributed by atoms with Crippen molar-refractivity contribution in [1.29, 1.82) is 0 Å². The first-order valence-electron chi connectivity index (χ1n) is 6.38. The number of carbonyl (C=O) groups is 1. The number of carbonyl (C=O) groups excluding carboxylic acids is 1. The second-order valence-electron chi connectivity index (χ2n) is 4.76. The first-order chi connectivity index (χ1) is 9.56. The number of rotatable bonds is 4. The highest BCUT2D eigenvalue weighted by Crippen LogP contribution is 2.12. The molecule has 0 saturated carbocycles. The van der Waals surface area contributed by atoms with Crippen LogP contribution in [-0.4, -0.2) is 17.9 Å². The van der Waals surface area contributed by atoms with E-state index in [9.17, 15) is 9.18 Å². The summed E-state index contributed by atoms with van der Waals surface area (Å²) in [6.45, 7) is 0.258. The summed E-state index contributed by atoms with van der Waals surface area (Å²) >= 11 is 0. The molecule has 3 nitrogen and oxygen atoms in total. The van der Waals surface area contributed by atoms with Gasteiger partial charge in [0.15, 0.2) is 0 Å². The van der Waals surface area contributed by atoms with Gasteiger partial charge in [-0.2, -0.15) is 0 Å². The molecule has 2 aromatic carbocycles. The SMILES string of the molecule is CN(Cc1ccccc1F)C(=O)Cc1cccc(N)c1. The van der Waals surface area contributed by atoms with Crippen molar-refractivity contribution in [2.45, 2.75) is 13.0 Å². The zero-order chi connectivity index (χ0) is 14.5. The van der Waals surface area contributed by atoms with Crippen molar-refractivity contribution in [1.82, 2.24) is 4.90 Å². The lowest BCUT2D eigenvalue weighted by atomic mass is 10.1. The van der Waals surface area contributed by atoms with E-state index in [0.717, 1.165) is 5.56 Å². The predicted molar refractivity (Wildman–Crippen MR) is 77.4 cm³/mol. The molecule has 0 fully saturated rings. The van der Waals surface area contributed by atoms with Gasteiger partial charge in [0.25, 0.3) is 0 Å². The van der Waals surface area contributed by atoms with Crippen molar-refractivity contribution < 1.29 is 9.18 Å². The van der Waals surface area contributed by atoms with Gasteiger partial charge >= 0.3 is 0 Å². The normalized spacial score (nSPS) is 10.3. The smallest absolute Gasteiger partial charge is 0.227 e. The summed E-state index contributed by atoms with van der Waals surface area (Å²) in [4.78, 5) is 13.6. The minimum Gasteiger partial charge on any atom is -0.399 e. The predicted octanol–water partition coefficient (Wildman–Crippen LogP) is 2.61. The van der Waals surface area contributed by atoms with Crippen molar-refractivity contribution in [2.75, 3.05) is 12.8 Å². The molecule has 0 aliphatic carbocycles. The summed E-state index contributed by atoms with van der Waals surface area (Å²) in [5.41, 5.74) is 7.68. The molecule has 1 amide bonds. The molecule has 0 aromatic heterocycles. The number of anilines is 1. The molecule has 0 saturated heterocycles. The highest BCUT2D eigenvalue weighted by Gasteiger charge is 2.12. The molecule has 0 aliphatic rings. The first kappa shape index (κ1) is 14.1. The second kappa shape index (κ2) is 6.19. The molecular formula is C16H17FN2O. The molecule has 2 aromatic rings. The third-order valence-electron chi connectivity index (χ3n) is 3.10. The Labute approximate surface area is 117 Å². The number of hydrogen-bond donors (Lipinski definition) is 1. The van der Waals surface area contributed by atoms with Gasteiger partial charge in [-0.05, 0) is 23.8 Å². The summed E-state index contributed by atoms with van der Waals surface area (Å²) < 4.78 is 13.5. The number of nitrogens with zero attached hydrogens (tertiary/aromatic N) is 1. The molecule has 0 atom stereocenters. The van der Waals surface area contributed by atoms with E-state index in [0.29, 0.717) is 11.3 Å². The fraction of sp³-hybridized carbons (Fsp3) is 0.188. The van der Waals surface area contributed by atoms with Crippen molar-refractivity contribution in [3.63, 3.8) is 0 Å². The Kier molecular flexibility index (Phi) is 4.35. The number of amides is 1. The number of nitrogens with two attached hydrogens (primary N) is 1. The van der Waals surface area contributed by atoms with Gasteiger partial charge in [-0.25, -0.2) is 4.39 Å². The molecule has 0 bridgehead atoms. The molecular weight excluding hydrogens is 255 g/mol. The molecule has 104 valence electrons. The molecule has 0 unspecified atom stereocenters. The van der Waals surface area contributed by atoms with Crippen LogP contribution in [0.2, 0.25) is 0 Å². The largest absolute Gasteiger partial charge is 0.399 e. The first-order valence-corrected chi connectivity index (χ1v) is 6.38. The summed E-state index contributed by atoms with van der Waals surface area (Å²) in [6.07, 6.45) is 0.260. The maximum absolute atomic E-state index is 13.5. The number of halogens is 1. The quantitative estimate of drug-likeness (QED) is 0.870. The number of hydrogen-bond acceptors (Lipinski definition) is 2. The lowest BCUT2D eigenvalue weighted by Crippen LogP contribution is -2.28. The van der Waals surface area contributed by atoms with E-state index in [1.807, 2.05) is 12.1 Å². The summed E-state index contributed by atoms with van der Waals surface area (Å²) in [7, 11) is 1.67. The van der Waals surface area contributed by atoms with E-state index < -0.39 is 0 Å². The highest BCUT2D eigenvalue weighted by molar-refractivity contribution is 5.78. The van der Waals surface area contributed by atoms with Crippen LogP contribution in [0.3, 0.4) is 0 Å². The number of benzene rings is 2. The van der Waals surface area contributed by atoms with E-state index >= 15 is 0 Å². The van der Waals surface area contributed by atoms with E-state index in [1.165, 1.54) is 11.0 Å². The lowest BCUT2D eigenvalue weighted by molar-refractivity contribution is -0.129. The zero-order valence-electron chi connectivity index (χ0n) is 11.3. The fourth-order valence-corrected chi connectivity index (χ4v) is 1.98. The van der Waals surface area contributed by atoms with Gasteiger partial charge in [-0.15, -0.1) is 0 Å². The summed E-state index contributed by atoms with van der Waals surface area (Å²) in [6, 6.07) is 13.7. The Hall–Kier alpha value is -2.36. The minimum atomic E-state index is -0.295. The van der Waals surface area contributed by atoms with Crippen LogP contribution in [0.5, 0.6) is 0 Å². The Morgan fingerprint density at radius 2 is 1.95 bits per heavy atom. The summed E-state index contributed by atoms with van der Waals surface area (Å²) in [5.74, 6) is -0.366. The van der Waals surface area contributed by atoms with Crippen LogP contribution in [-0.2, 0) is 17.8 Å². The molecule has 0 heterocycles. The third kappa shape index (κ3) is 3.57. The van der Waals surface area contributed by atoms with Crippen molar-refractivity contribution in [3.8, 4) is 0 Å². The van der Waals surface area contributed by atoms with Crippen LogP contribution in [0.1, 0.15) is 11.1 Å². The zero-order valence-corrected chi connectivity index (χ0v) is 11.3. The molecule has 20 heavy (non-hydrogen) atoms. The minimum absolute atomic E-state index is 0.0705. The summed E-state index contributed by atoms with van der Waals surface area (Å²) in [5, 5.41) is 0. The second-order valence-corrected chi connectivity index (χ2v) is 4.76. The van der Waals surface area contributed by atoms with Crippen LogP contribution in [0, 0.1) is 5.82 Å². The van der Waals surface area contributed by atoms with Crippen LogP contribution >= 0.6 is 0 Å². The van der Waals surface area contributed by atoms with Gasteiger partial charge in [-0.3, -0.25) is 4.79 Å². The molecule has 2 N–H and O–H groups in total. The number of nitrogen functional groups attached to an aromatic ring is 1. The lowest BCUT2D eigenvalue weighted by Gasteiger charge is -2.17.